The minimum Gasteiger partial charge on any atom is -0.468 e. The third-order valence-electron chi connectivity index (χ3n) is 1.66. The van der Waals surface area contributed by atoms with Crippen LogP contribution >= 0.6 is 34.8 Å². The van der Waals surface area contributed by atoms with E-state index in [1.807, 2.05) is 0 Å². The maximum Gasteiger partial charge on any atom is 0.328 e. The van der Waals surface area contributed by atoms with E-state index in [0.29, 0.717) is 10.6 Å². The van der Waals surface area contributed by atoms with Crippen molar-refractivity contribution >= 4 is 40.8 Å². The normalized spacial score (nSPS) is 12.3. The molecule has 0 saturated carbocycles. The Bertz CT molecular complexity index is 352. The number of esters is 1. The van der Waals surface area contributed by atoms with Crippen molar-refractivity contribution in [2.75, 3.05) is 7.11 Å². The van der Waals surface area contributed by atoms with Gasteiger partial charge >= 0.3 is 5.97 Å². The van der Waals surface area contributed by atoms with Gasteiger partial charge in [-0.3, -0.25) is 4.79 Å². The van der Waals surface area contributed by atoms with Crippen molar-refractivity contribution in [1.82, 2.24) is 0 Å². The molecule has 0 N–H and O–H groups in total. The lowest BCUT2D eigenvalue weighted by Crippen LogP contribution is -2.09. The molecule has 0 unspecified atom stereocenters. The Labute approximate surface area is 96.7 Å². The highest BCUT2D eigenvalue weighted by Gasteiger charge is 2.21. The van der Waals surface area contributed by atoms with Gasteiger partial charge in [0, 0.05) is 5.56 Å². The first-order valence-electron chi connectivity index (χ1n) is 3.73. The first-order valence-corrected chi connectivity index (χ1v) is 4.93. The van der Waals surface area contributed by atoms with Gasteiger partial charge in [0.25, 0.3) is 0 Å². The zero-order valence-corrected chi connectivity index (χ0v) is 9.53. The van der Waals surface area contributed by atoms with Gasteiger partial charge < -0.3 is 4.74 Å². The van der Waals surface area contributed by atoms with Crippen LogP contribution in [0.3, 0.4) is 0 Å². The van der Waals surface area contributed by atoms with Gasteiger partial charge in [-0.05, 0) is 6.07 Å². The smallest absolute Gasteiger partial charge is 0.328 e. The molecule has 0 aromatic heterocycles. The summed E-state index contributed by atoms with van der Waals surface area (Å²) >= 11 is 17.4. The Hall–Kier alpha value is -0.440. The Morgan fingerprint density at radius 1 is 1.43 bits per heavy atom. The molecule has 76 valence electrons. The minimum absolute atomic E-state index is 0.277. The second-order valence-corrected chi connectivity index (χ2v) is 3.75. The van der Waals surface area contributed by atoms with Gasteiger partial charge in [-0.1, -0.05) is 35.3 Å². The molecule has 0 bridgehead atoms. The predicted molar refractivity (Wildman–Crippen MR) is 57.1 cm³/mol. The zero-order valence-electron chi connectivity index (χ0n) is 7.26. The topological polar surface area (TPSA) is 26.3 Å². The van der Waals surface area contributed by atoms with Crippen LogP contribution in [0.2, 0.25) is 10.0 Å². The van der Waals surface area contributed by atoms with Crippen molar-refractivity contribution in [2.24, 2.45) is 0 Å². The van der Waals surface area contributed by atoms with E-state index < -0.39 is 11.3 Å². The maximum absolute atomic E-state index is 11.1. The van der Waals surface area contributed by atoms with Crippen LogP contribution in [-0.4, -0.2) is 13.1 Å². The van der Waals surface area contributed by atoms with Gasteiger partial charge in [0.05, 0.1) is 17.2 Å². The second-order valence-electron chi connectivity index (χ2n) is 2.53. The van der Waals surface area contributed by atoms with Crippen LogP contribution in [0.1, 0.15) is 10.9 Å². The third-order valence-corrected chi connectivity index (χ3v) is 2.91. The number of ether oxygens (including phenoxy) is 1. The number of methoxy groups -OCH3 is 1. The highest BCUT2D eigenvalue weighted by molar-refractivity contribution is 6.43. The quantitative estimate of drug-likeness (QED) is 0.596. The van der Waals surface area contributed by atoms with Crippen LogP contribution in [0.15, 0.2) is 18.2 Å². The molecule has 1 atom stereocenters. The number of carbonyl (C=O) groups excluding carboxylic acids is 1. The van der Waals surface area contributed by atoms with Gasteiger partial charge in [-0.2, -0.15) is 0 Å². The Kier molecular flexibility index (Phi) is 4.05. The third kappa shape index (κ3) is 2.32. The number of rotatable bonds is 2. The first-order chi connectivity index (χ1) is 6.57. The molecule has 0 aliphatic heterocycles. The second kappa shape index (κ2) is 4.87. The van der Waals surface area contributed by atoms with Gasteiger partial charge in [-0.15, -0.1) is 11.6 Å². The molecule has 5 heteroatoms. The number of carbonyl (C=O) groups is 1. The Morgan fingerprint density at radius 2 is 2.07 bits per heavy atom. The fraction of sp³-hybridized carbons (Fsp3) is 0.222. The van der Waals surface area contributed by atoms with Crippen LogP contribution < -0.4 is 0 Å². The summed E-state index contributed by atoms with van der Waals surface area (Å²) in [5.74, 6) is -0.559. The Morgan fingerprint density at radius 3 is 2.64 bits per heavy atom. The molecule has 0 aliphatic carbocycles. The van der Waals surface area contributed by atoms with Crippen LogP contribution in [0.4, 0.5) is 0 Å². The molecular weight excluding hydrogens is 246 g/mol. The number of benzene rings is 1. The van der Waals surface area contributed by atoms with Crippen LogP contribution in [0.25, 0.3) is 0 Å². The first kappa shape index (κ1) is 11.6. The van der Waals surface area contributed by atoms with E-state index in [2.05, 4.69) is 4.74 Å². The highest BCUT2D eigenvalue weighted by atomic mass is 35.5. The van der Waals surface area contributed by atoms with Gasteiger partial charge in [0.2, 0.25) is 0 Å². The lowest BCUT2D eigenvalue weighted by molar-refractivity contribution is -0.140. The lowest BCUT2D eigenvalue weighted by atomic mass is 10.1. The molecule has 0 saturated heterocycles. The molecule has 1 aromatic carbocycles. The van der Waals surface area contributed by atoms with E-state index in [0.717, 1.165) is 0 Å². The maximum atomic E-state index is 11.1. The SMILES string of the molecule is COC(=O)[C@@H](Cl)c1cccc(Cl)c1Cl. The van der Waals surface area contributed by atoms with E-state index in [4.69, 9.17) is 34.8 Å². The van der Waals surface area contributed by atoms with Crippen molar-refractivity contribution in [3.63, 3.8) is 0 Å². The predicted octanol–water partition coefficient (Wildman–Crippen LogP) is 3.45. The summed E-state index contributed by atoms with van der Waals surface area (Å²) in [6.07, 6.45) is 0. The molecule has 0 amide bonds. The van der Waals surface area contributed by atoms with Gasteiger partial charge in [0.15, 0.2) is 5.38 Å². The van der Waals surface area contributed by atoms with Crippen LogP contribution in [0.5, 0.6) is 0 Å². The fourth-order valence-corrected chi connectivity index (χ4v) is 1.69. The van der Waals surface area contributed by atoms with Gasteiger partial charge in [0.1, 0.15) is 0 Å². The van der Waals surface area contributed by atoms with Crippen molar-refractivity contribution in [3.05, 3.63) is 33.8 Å². The number of halogens is 3. The number of alkyl halides is 1. The molecule has 0 fully saturated rings. The van der Waals surface area contributed by atoms with E-state index in [-0.39, 0.29) is 5.02 Å². The summed E-state index contributed by atoms with van der Waals surface area (Å²) in [6.45, 7) is 0. The summed E-state index contributed by atoms with van der Waals surface area (Å²) in [5, 5.41) is -0.288. The zero-order chi connectivity index (χ0) is 10.7. The van der Waals surface area contributed by atoms with E-state index >= 15 is 0 Å². The van der Waals surface area contributed by atoms with Gasteiger partial charge in [-0.25, -0.2) is 0 Å². The average Bonchev–Trinajstić information content (AvgIpc) is 2.20. The van der Waals surface area contributed by atoms with Crippen molar-refractivity contribution in [2.45, 2.75) is 5.38 Å². The molecule has 0 aliphatic rings. The number of hydrogen-bond donors (Lipinski definition) is 0. The summed E-state index contributed by atoms with van der Waals surface area (Å²) < 4.78 is 4.49. The number of hydrogen-bond acceptors (Lipinski definition) is 2. The molecule has 0 radical (unpaired) electrons. The minimum atomic E-state index is -0.925. The average molecular weight is 254 g/mol. The summed E-state index contributed by atoms with van der Waals surface area (Å²) in [5.41, 5.74) is 0.452. The molecule has 2 nitrogen and oxygen atoms in total. The van der Waals surface area contributed by atoms with Crippen molar-refractivity contribution in [1.29, 1.82) is 0 Å². The summed E-state index contributed by atoms with van der Waals surface area (Å²) in [7, 11) is 1.26. The molecule has 1 aromatic rings. The fourth-order valence-electron chi connectivity index (χ4n) is 0.947. The summed E-state index contributed by atoms with van der Waals surface area (Å²) in [4.78, 5) is 11.1. The monoisotopic (exact) mass is 252 g/mol. The van der Waals surface area contributed by atoms with E-state index in [1.54, 1.807) is 18.2 Å². The molecule has 14 heavy (non-hydrogen) atoms. The highest BCUT2D eigenvalue weighted by Crippen LogP contribution is 2.33. The lowest BCUT2D eigenvalue weighted by Gasteiger charge is -2.09. The largest absolute Gasteiger partial charge is 0.468 e. The molecule has 0 spiro atoms. The van der Waals surface area contributed by atoms with Crippen molar-refractivity contribution < 1.29 is 9.53 Å². The van der Waals surface area contributed by atoms with Crippen molar-refractivity contribution in [3.8, 4) is 0 Å². The summed E-state index contributed by atoms with van der Waals surface area (Å²) in [6, 6.07) is 4.92. The Balaban J connectivity index is 3.07. The standard InChI is InChI=1S/C9H7Cl3O2/c1-14-9(13)8(12)5-3-2-4-6(10)7(5)11/h2-4,8H,1H3/t8-/m0/s1. The van der Waals surface area contributed by atoms with E-state index in [1.165, 1.54) is 7.11 Å². The van der Waals surface area contributed by atoms with Crippen LogP contribution in [0, 0.1) is 0 Å². The molecule has 0 heterocycles. The van der Waals surface area contributed by atoms with E-state index in [9.17, 15) is 4.79 Å². The van der Waals surface area contributed by atoms with Crippen LogP contribution in [-0.2, 0) is 9.53 Å². The molecule has 1 rings (SSSR count). The molecular formula is C9H7Cl3O2.